The van der Waals surface area contributed by atoms with E-state index in [1.54, 1.807) is 0 Å². The van der Waals surface area contributed by atoms with Gasteiger partial charge in [0.25, 0.3) is 0 Å². The number of rotatable bonds is 47. The lowest BCUT2D eigenvalue weighted by molar-refractivity contribution is -0.332. The highest BCUT2D eigenvalue weighted by Crippen LogP contribution is 2.27. The largest absolute Gasteiger partial charge is 0.462 e. The van der Waals surface area contributed by atoms with Gasteiger partial charge in [0.05, 0.1) is 19.8 Å². The molecule has 11 unspecified atom stereocenters. The van der Waals surface area contributed by atoms with Gasteiger partial charge in [0, 0.05) is 12.8 Å². The van der Waals surface area contributed by atoms with E-state index in [0.717, 1.165) is 51.4 Å². The lowest BCUT2D eigenvalue weighted by Gasteiger charge is -2.42. The zero-order valence-corrected chi connectivity index (χ0v) is 45.2. The van der Waals surface area contributed by atoms with Crippen molar-refractivity contribution in [3.63, 3.8) is 0 Å². The van der Waals surface area contributed by atoms with E-state index in [2.05, 4.69) is 26.0 Å². The van der Waals surface area contributed by atoms with Gasteiger partial charge in [0.15, 0.2) is 18.7 Å². The highest BCUT2D eigenvalue weighted by molar-refractivity contribution is 5.70. The molecule has 2 heterocycles. The summed E-state index contributed by atoms with van der Waals surface area (Å²) in [6, 6.07) is 0. The molecule has 0 spiro atoms. The van der Waals surface area contributed by atoms with Crippen molar-refractivity contribution >= 4 is 11.9 Å². The number of carbonyl (C=O) groups is 2. The van der Waals surface area contributed by atoms with Crippen LogP contribution in [0.25, 0.3) is 0 Å². The first-order valence-corrected chi connectivity index (χ1v) is 29.3. The fourth-order valence-corrected chi connectivity index (χ4v) is 9.45. The van der Waals surface area contributed by atoms with E-state index in [1.807, 2.05) is 0 Å². The molecule has 15 nitrogen and oxygen atoms in total. The molecule has 2 aliphatic heterocycles. The van der Waals surface area contributed by atoms with E-state index in [-0.39, 0.29) is 26.1 Å². The van der Waals surface area contributed by atoms with Crippen molar-refractivity contribution in [2.45, 2.75) is 313 Å². The maximum absolute atomic E-state index is 13.1. The molecule has 2 aliphatic rings. The normalized spacial score (nSPS) is 25.0. The molecule has 11 atom stereocenters. The number of carbonyl (C=O) groups excluding carboxylic acids is 2. The monoisotopic (exact) mass is 1030 g/mol. The number of esters is 2. The number of allylic oxidation sites excluding steroid dienone is 2. The Balaban J connectivity index is 1.75. The van der Waals surface area contributed by atoms with Crippen LogP contribution in [-0.2, 0) is 38.0 Å². The zero-order valence-electron chi connectivity index (χ0n) is 45.2. The van der Waals surface area contributed by atoms with E-state index < -0.39 is 92.7 Å². The van der Waals surface area contributed by atoms with Gasteiger partial charge in [-0.15, -0.1) is 0 Å². The summed E-state index contributed by atoms with van der Waals surface area (Å²) in [5.74, 6) is -0.914. The smallest absolute Gasteiger partial charge is 0.306 e. The molecule has 0 aromatic rings. The summed E-state index contributed by atoms with van der Waals surface area (Å²) >= 11 is 0. The van der Waals surface area contributed by atoms with Gasteiger partial charge in [-0.05, 0) is 38.5 Å². The summed E-state index contributed by atoms with van der Waals surface area (Å²) in [6.45, 7) is 2.63. The second-order valence-electron chi connectivity index (χ2n) is 20.8. The molecule has 0 amide bonds. The number of hydrogen-bond donors (Lipinski definition) is 7. The second-order valence-corrected chi connectivity index (χ2v) is 20.8. The van der Waals surface area contributed by atoms with Gasteiger partial charge in [0.2, 0.25) is 0 Å². The van der Waals surface area contributed by atoms with E-state index in [4.69, 9.17) is 28.4 Å². The standard InChI is InChI=1S/C57H106O15/c1-3-5-7-9-11-13-15-17-19-21-22-24-25-27-29-31-33-35-37-39-48(59)67-42-45(70-49(60)40-38-36-34-32-30-28-26-23-20-18-16-14-12-10-8-6-4-2)43-68-56-55(66)53(64)51(62)47(72-56)44-69-57-54(65)52(63)50(61)46(41-58)71-57/h18,20,45-47,50-58,61-66H,3-17,19,21-44H2,1-2H3/b20-18-. The molecule has 0 aromatic carbocycles. The molecule has 2 rings (SSSR count). The maximum atomic E-state index is 13.1. The summed E-state index contributed by atoms with van der Waals surface area (Å²) in [5, 5.41) is 72.3. The molecular formula is C57H106O15. The first-order valence-electron chi connectivity index (χ1n) is 29.3. The number of hydrogen-bond acceptors (Lipinski definition) is 15. The van der Waals surface area contributed by atoms with Crippen LogP contribution in [-0.4, -0.2) is 142 Å². The minimum atomic E-state index is -1.76. The van der Waals surface area contributed by atoms with Crippen LogP contribution in [0.15, 0.2) is 12.2 Å². The Kier molecular flexibility index (Phi) is 40.9. The van der Waals surface area contributed by atoms with E-state index >= 15 is 0 Å². The minimum absolute atomic E-state index is 0.165. The number of ether oxygens (including phenoxy) is 6. The van der Waals surface area contributed by atoms with Crippen LogP contribution in [0.4, 0.5) is 0 Å². The zero-order chi connectivity index (χ0) is 52.4. The van der Waals surface area contributed by atoms with Gasteiger partial charge in [-0.3, -0.25) is 9.59 Å². The van der Waals surface area contributed by atoms with Crippen molar-refractivity contribution in [3.05, 3.63) is 12.2 Å². The van der Waals surface area contributed by atoms with Crippen LogP contribution in [0, 0.1) is 0 Å². The predicted octanol–water partition coefficient (Wildman–Crippen LogP) is 9.72. The molecule has 0 aromatic heterocycles. The highest BCUT2D eigenvalue weighted by Gasteiger charge is 2.47. The average molecular weight is 1030 g/mol. The first kappa shape index (κ1) is 66.4. The molecule has 0 saturated carbocycles. The average Bonchev–Trinajstić information content (AvgIpc) is 3.37. The molecule has 0 bridgehead atoms. The van der Waals surface area contributed by atoms with Gasteiger partial charge < -0.3 is 64.2 Å². The Labute approximate surface area is 435 Å². The maximum Gasteiger partial charge on any atom is 0.306 e. The van der Waals surface area contributed by atoms with Crippen LogP contribution in [0.5, 0.6) is 0 Å². The van der Waals surface area contributed by atoms with Crippen LogP contribution >= 0.6 is 0 Å². The lowest BCUT2D eigenvalue weighted by atomic mass is 9.98. The topological polar surface area (TPSA) is 231 Å². The first-order chi connectivity index (χ1) is 35.0. The van der Waals surface area contributed by atoms with E-state index in [1.165, 1.54) is 154 Å². The summed E-state index contributed by atoms with van der Waals surface area (Å²) in [7, 11) is 0. The Bertz CT molecular complexity index is 1300. The van der Waals surface area contributed by atoms with Gasteiger partial charge in [-0.1, -0.05) is 206 Å². The lowest BCUT2D eigenvalue weighted by Crippen LogP contribution is -2.61. The number of aliphatic hydroxyl groups excluding tert-OH is 7. The molecule has 0 aliphatic carbocycles. The van der Waals surface area contributed by atoms with Crippen molar-refractivity contribution in [2.75, 3.05) is 26.4 Å². The van der Waals surface area contributed by atoms with Crippen molar-refractivity contribution in [1.29, 1.82) is 0 Å². The van der Waals surface area contributed by atoms with E-state index in [9.17, 15) is 45.3 Å². The Hall–Kier alpha value is -1.76. The molecular weight excluding hydrogens is 925 g/mol. The Morgan fingerprint density at radius 2 is 0.792 bits per heavy atom. The van der Waals surface area contributed by atoms with Crippen molar-refractivity contribution in [2.24, 2.45) is 0 Å². The fourth-order valence-electron chi connectivity index (χ4n) is 9.45. The van der Waals surface area contributed by atoms with Gasteiger partial charge >= 0.3 is 11.9 Å². The van der Waals surface area contributed by atoms with Gasteiger partial charge in [-0.2, -0.15) is 0 Å². The van der Waals surface area contributed by atoms with Crippen LogP contribution < -0.4 is 0 Å². The molecule has 0 radical (unpaired) electrons. The summed E-state index contributed by atoms with van der Waals surface area (Å²) in [4.78, 5) is 25.9. The third kappa shape index (κ3) is 31.3. The molecule has 424 valence electrons. The van der Waals surface area contributed by atoms with Gasteiger partial charge in [0.1, 0.15) is 55.4 Å². The highest BCUT2D eigenvalue weighted by atomic mass is 16.7. The quantitative estimate of drug-likeness (QED) is 0.0171. The van der Waals surface area contributed by atoms with Crippen LogP contribution in [0.3, 0.4) is 0 Å². The SMILES string of the molecule is CCCCCCCC/C=C\CCCCCCCCCC(=O)OC(COC(=O)CCCCCCCCCCCCCCCCCCCCC)COC1OC(COC2OC(CO)C(O)C(O)C2O)C(O)C(O)C1O. The summed E-state index contributed by atoms with van der Waals surface area (Å²) in [6.07, 6.45) is 29.4. The van der Waals surface area contributed by atoms with Crippen molar-refractivity contribution in [1.82, 2.24) is 0 Å². The van der Waals surface area contributed by atoms with Crippen LogP contribution in [0.2, 0.25) is 0 Å². The molecule has 2 fully saturated rings. The number of aliphatic hydroxyl groups is 7. The summed E-state index contributed by atoms with van der Waals surface area (Å²) in [5.41, 5.74) is 0. The molecule has 7 N–H and O–H groups in total. The fraction of sp³-hybridized carbons (Fsp3) is 0.930. The third-order valence-corrected chi connectivity index (χ3v) is 14.2. The Morgan fingerprint density at radius 1 is 0.431 bits per heavy atom. The predicted molar refractivity (Wildman–Crippen MR) is 280 cm³/mol. The van der Waals surface area contributed by atoms with Gasteiger partial charge in [-0.25, -0.2) is 0 Å². The number of unbranched alkanes of at least 4 members (excludes halogenated alkanes) is 31. The third-order valence-electron chi connectivity index (χ3n) is 14.2. The van der Waals surface area contributed by atoms with E-state index in [0.29, 0.717) is 12.8 Å². The molecule has 72 heavy (non-hydrogen) atoms. The molecule has 2 saturated heterocycles. The van der Waals surface area contributed by atoms with Crippen LogP contribution in [0.1, 0.15) is 245 Å². The van der Waals surface area contributed by atoms with Crippen molar-refractivity contribution < 1.29 is 73.8 Å². The summed E-state index contributed by atoms with van der Waals surface area (Å²) < 4.78 is 33.7. The molecule has 15 heteroatoms. The van der Waals surface area contributed by atoms with Crippen molar-refractivity contribution in [3.8, 4) is 0 Å². The minimum Gasteiger partial charge on any atom is -0.462 e. The Morgan fingerprint density at radius 3 is 1.22 bits per heavy atom. The second kappa shape index (κ2) is 44.4.